The monoisotopic (exact) mass is 426 g/mol. The summed E-state index contributed by atoms with van der Waals surface area (Å²) < 4.78 is 40.6. The first-order valence-electron chi connectivity index (χ1n) is 12.8. The number of ether oxygens (including phenoxy) is 2. The van der Waals surface area contributed by atoms with E-state index in [2.05, 4.69) is 19.6 Å². The normalized spacial score (nSPS) is 40.2. The van der Waals surface area contributed by atoms with Gasteiger partial charge in [0.1, 0.15) is 0 Å². The topological polar surface area (TPSA) is 18.5 Å². The van der Waals surface area contributed by atoms with E-state index in [4.69, 9.17) is 9.47 Å². The summed E-state index contributed by atoms with van der Waals surface area (Å²) in [6.45, 7) is 7.21. The molecule has 3 rings (SSSR count). The van der Waals surface area contributed by atoms with Crippen molar-refractivity contribution in [3.05, 3.63) is 12.7 Å². The molecular formula is C26H44F2O2. The Kier molecular flexibility index (Phi) is 10.1. The third kappa shape index (κ3) is 6.76. The summed E-state index contributed by atoms with van der Waals surface area (Å²) in [6.07, 6.45) is 12.3. The number of unbranched alkanes of at least 4 members (excludes halogenated alkanes) is 2. The van der Waals surface area contributed by atoms with E-state index in [0.29, 0.717) is 32.0 Å². The summed E-state index contributed by atoms with van der Waals surface area (Å²) in [5, 5.41) is 0. The summed E-state index contributed by atoms with van der Waals surface area (Å²) in [5.74, 6) is 2.99. The number of rotatable bonds is 10. The Morgan fingerprint density at radius 2 is 1.33 bits per heavy atom. The highest BCUT2D eigenvalue weighted by atomic mass is 19.2. The second-order valence-corrected chi connectivity index (χ2v) is 10.1. The van der Waals surface area contributed by atoms with Gasteiger partial charge in [-0.25, -0.2) is 8.78 Å². The van der Waals surface area contributed by atoms with Crippen molar-refractivity contribution < 1.29 is 18.3 Å². The fourth-order valence-corrected chi connectivity index (χ4v) is 5.93. The van der Waals surface area contributed by atoms with Crippen molar-refractivity contribution in [3.8, 4) is 0 Å². The lowest BCUT2D eigenvalue weighted by molar-refractivity contribution is -0.124. The van der Waals surface area contributed by atoms with Crippen LogP contribution in [-0.2, 0) is 9.47 Å². The molecule has 2 nitrogen and oxygen atoms in total. The molecule has 3 aliphatic rings. The van der Waals surface area contributed by atoms with Crippen LogP contribution in [0.15, 0.2) is 12.7 Å². The average Bonchev–Trinajstić information content (AvgIpc) is 2.79. The van der Waals surface area contributed by atoms with Crippen LogP contribution in [0.5, 0.6) is 0 Å². The molecule has 0 aromatic rings. The van der Waals surface area contributed by atoms with Crippen molar-refractivity contribution in [1.82, 2.24) is 0 Å². The number of allylic oxidation sites excluding steroid dienone is 1. The van der Waals surface area contributed by atoms with Gasteiger partial charge >= 0.3 is 0 Å². The van der Waals surface area contributed by atoms with Crippen molar-refractivity contribution in [2.24, 2.45) is 23.7 Å². The maximum atomic E-state index is 14.6. The third-order valence-electron chi connectivity index (χ3n) is 8.08. The predicted molar refractivity (Wildman–Crippen MR) is 119 cm³/mol. The minimum absolute atomic E-state index is 0.513. The lowest BCUT2D eigenvalue weighted by Gasteiger charge is -2.38. The summed E-state index contributed by atoms with van der Waals surface area (Å²) in [4.78, 5) is 0. The number of hydrogen-bond donors (Lipinski definition) is 0. The second-order valence-electron chi connectivity index (χ2n) is 10.1. The Bertz CT molecular complexity index is 483. The van der Waals surface area contributed by atoms with Crippen molar-refractivity contribution in [3.63, 3.8) is 0 Å². The van der Waals surface area contributed by atoms with E-state index in [9.17, 15) is 8.78 Å². The second kappa shape index (κ2) is 12.5. The highest BCUT2D eigenvalue weighted by Crippen LogP contribution is 2.42. The molecule has 0 aliphatic heterocycles. The van der Waals surface area contributed by atoms with Crippen LogP contribution < -0.4 is 0 Å². The number of hydrogen-bond acceptors (Lipinski definition) is 2. The molecule has 3 aliphatic carbocycles. The van der Waals surface area contributed by atoms with Gasteiger partial charge in [0.05, 0.1) is 12.2 Å². The van der Waals surface area contributed by atoms with Crippen molar-refractivity contribution in [1.29, 1.82) is 0 Å². The molecule has 4 unspecified atom stereocenters. The summed E-state index contributed by atoms with van der Waals surface area (Å²) in [5.41, 5.74) is 0. The molecular weight excluding hydrogens is 382 g/mol. The van der Waals surface area contributed by atoms with Gasteiger partial charge in [-0.3, -0.25) is 0 Å². The van der Waals surface area contributed by atoms with Crippen LogP contribution in [0.2, 0.25) is 0 Å². The molecule has 3 fully saturated rings. The first-order valence-corrected chi connectivity index (χ1v) is 12.8. The molecule has 4 atom stereocenters. The first kappa shape index (κ1) is 24.2. The molecule has 0 spiro atoms. The number of alkyl halides is 2. The molecule has 0 bridgehead atoms. The maximum absolute atomic E-state index is 14.6. The van der Waals surface area contributed by atoms with Gasteiger partial charge in [0.15, 0.2) is 12.3 Å². The van der Waals surface area contributed by atoms with Crippen LogP contribution >= 0.6 is 0 Å². The van der Waals surface area contributed by atoms with Gasteiger partial charge in [0.25, 0.3) is 0 Å². The van der Waals surface area contributed by atoms with Gasteiger partial charge in [-0.1, -0.05) is 25.8 Å². The first-order chi connectivity index (χ1) is 14.6. The molecule has 0 amide bonds. The minimum atomic E-state index is -1.55. The maximum Gasteiger partial charge on any atom is 0.160 e. The van der Waals surface area contributed by atoms with E-state index in [1.54, 1.807) is 0 Å². The zero-order valence-corrected chi connectivity index (χ0v) is 19.1. The standard InChI is InChI=1S/C26H44F2O2/c1-3-5-6-17-29-23-15-16-24(26(28)25(23)27)30-18-20-9-13-22(14-10-20)21-11-7-19(4-2)8-12-21/h4,19-26H,2-3,5-18H2,1H3. The van der Waals surface area contributed by atoms with E-state index in [0.717, 1.165) is 37.0 Å². The molecule has 0 radical (unpaired) electrons. The SMILES string of the molecule is C=CC1CCC(C2CCC(COC3CCC(OCCCCC)C(F)C3F)CC2)CC1. The fraction of sp³-hybridized carbons (Fsp3) is 0.923. The van der Waals surface area contributed by atoms with E-state index in [-0.39, 0.29) is 0 Å². The Morgan fingerprint density at radius 1 is 0.767 bits per heavy atom. The van der Waals surface area contributed by atoms with Gasteiger partial charge in [0, 0.05) is 13.2 Å². The quantitative estimate of drug-likeness (QED) is 0.271. The van der Waals surface area contributed by atoms with E-state index in [1.807, 2.05) is 0 Å². The van der Waals surface area contributed by atoms with Crippen LogP contribution in [0.25, 0.3) is 0 Å². The van der Waals surface area contributed by atoms with Crippen molar-refractivity contribution in [2.45, 2.75) is 115 Å². The van der Waals surface area contributed by atoms with Gasteiger partial charge in [0.2, 0.25) is 0 Å². The summed E-state index contributed by atoms with van der Waals surface area (Å²) >= 11 is 0. The van der Waals surface area contributed by atoms with Gasteiger partial charge in [-0.05, 0) is 94.3 Å². The van der Waals surface area contributed by atoms with Gasteiger partial charge in [-0.15, -0.1) is 6.58 Å². The van der Waals surface area contributed by atoms with Crippen LogP contribution in [0.3, 0.4) is 0 Å². The Morgan fingerprint density at radius 3 is 1.90 bits per heavy atom. The molecule has 30 heavy (non-hydrogen) atoms. The van der Waals surface area contributed by atoms with Crippen LogP contribution in [0.4, 0.5) is 8.78 Å². The van der Waals surface area contributed by atoms with Gasteiger partial charge in [-0.2, -0.15) is 0 Å². The molecule has 3 saturated carbocycles. The smallest absolute Gasteiger partial charge is 0.160 e. The van der Waals surface area contributed by atoms with Crippen LogP contribution in [-0.4, -0.2) is 37.8 Å². The molecule has 0 N–H and O–H groups in total. The minimum Gasteiger partial charge on any atom is -0.375 e. The largest absolute Gasteiger partial charge is 0.375 e. The zero-order valence-electron chi connectivity index (χ0n) is 19.1. The Labute approximate surface area is 183 Å². The highest BCUT2D eigenvalue weighted by molar-refractivity contribution is 4.91. The van der Waals surface area contributed by atoms with Gasteiger partial charge < -0.3 is 9.47 Å². The zero-order chi connectivity index (χ0) is 21.3. The molecule has 4 heteroatoms. The van der Waals surface area contributed by atoms with Crippen LogP contribution in [0, 0.1) is 23.7 Å². The molecule has 0 aromatic heterocycles. The lowest BCUT2D eigenvalue weighted by Crippen LogP contribution is -2.47. The van der Waals surface area contributed by atoms with Crippen molar-refractivity contribution >= 4 is 0 Å². The van der Waals surface area contributed by atoms with E-state index < -0.39 is 24.6 Å². The third-order valence-corrected chi connectivity index (χ3v) is 8.08. The molecule has 0 heterocycles. The Hall–Kier alpha value is -0.480. The highest BCUT2D eigenvalue weighted by Gasteiger charge is 2.42. The average molecular weight is 427 g/mol. The lowest BCUT2D eigenvalue weighted by atomic mass is 9.69. The molecule has 0 aromatic carbocycles. The molecule has 174 valence electrons. The summed E-state index contributed by atoms with van der Waals surface area (Å²) in [6, 6.07) is 0. The summed E-state index contributed by atoms with van der Waals surface area (Å²) in [7, 11) is 0. The van der Waals surface area contributed by atoms with E-state index in [1.165, 1.54) is 51.4 Å². The fourth-order valence-electron chi connectivity index (χ4n) is 5.93. The Balaban J connectivity index is 1.32. The number of halogens is 2. The predicted octanol–water partition coefficient (Wildman–Crippen LogP) is 7.22. The van der Waals surface area contributed by atoms with Crippen molar-refractivity contribution in [2.75, 3.05) is 13.2 Å². The van der Waals surface area contributed by atoms with Crippen LogP contribution in [0.1, 0.15) is 90.4 Å². The molecule has 0 saturated heterocycles. The van der Waals surface area contributed by atoms with E-state index >= 15 is 0 Å².